The molecular weight excluding hydrogens is 432 g/mol. The molecule has 3 nitrogen and oxygen atoms in total. The van der Waals surface area contributed by atoms with Crippen LogP contribution in [0.4, 0.5) is 0 Å². The summed E-state index contributed by atoms with van der Waals surface area (Å²) < 4.78 is 1.76. The molecule has 0 bridgehead atoms. The molecule has 4 aromatic rings. The summed E-state index contributed by atoms with van der Waals surface area (Å²) in [5, 5.41) is 2.20. The molecular formula is C24H21ClN2OS2. The number of hydrogen-bond donors (Lipinski definition) is 0. The van der Waals surface area contributed by atoms with Gasteiger partial charge in [-0.05, 0) is 68.0 Å². The normalized spacial score (nSPS) is 13.5. The Morgan fingerprint density at radius 1 is 1.13 bits per heavy atom. The SMILES string of the molecule is Cc1cccc(CSc2nc3sc4c(c3c(=O)n2-c2ccc(Cl)cc2)CCCC4)c1. The van der Waals surface area contributed by atoms with Crippen LogP contribution in [-0.2, 0) is 18.6 Å². The van der Waals surface area contributed by atoms with Crippen molar-refractivity contribution in [3.63, 3.8) is 0 Å². The first-order chi connectivity index (χ1) is 14.6. The molecule has 0 aliphatic heterocycles. The number of fused-ring (bicyclic) bond motifs is 3. The second-order valence-corrected chi connectivity index (χ2v) is 10.1. The summed E-state index contributed by atoms with van der Waals surface area (Å²) in [5.74, 6) is 0.762. The summed E-state index contributed by atoms with van der Waals surface area (Å²) in [4.78, 5) is 20.9. The molecule has 152 valence electrons. The number of hydrogen-bond acceptors (Lipinski definition) is 4. The van der Waals surface area contributed by atoms with Gasteiger partial charge in [0.2, 0.25) is 0 Å². The maximum Gasteiger partial charge on any atom is 0.267 e. The third-order valence-corrected chi connectivity index (χ3v) is 7.94. The molecule has 0 N–H and O–H groups in total. The molecule has 6 heteroatoms. The van der Waals surface area contributed by atoms with Crippen molar-refractivity contribution in [3.05, 3.63) is 85.5 Å². The van der Waals surface area contributed by atoms with Crippen molar-refractivity contribution in [1.82, 2.24) is 9.55 Å². The van der Waals surface area contributed by atoms with Gasteiger partial charge >= 0.3 is 0 Å². The first-order valence-electron chi connectivity index (χ1n) is 10.1. The Balaban J connectivity index is 1.66. The highest BCUT2D eigenvalue weighted by Crippen LogP contribution is 2.35. The molecule has 0 saturated carbocycles. The van der Waals surface area contributed by atoms with Crippen LogP contribution in [0.25, 0.3) is 15.9 Å². The quantitative estimate of drug-likeness (QED) is 0.259. The number of nitrogens with zero attached hydrogens (tertiary/aromatic N) is 2. The van der Waals surface area contributed by atoms with Crippen LogP contribution >= 0.6 is 34.7 Å². The van der Waals surface area contributed by atoms with Crippen molar-refractivity contribution < 1.29 is 0 Å². The van der Waals surface area contributed by atoms with Crippen molar-refractivity contribution in [2.24, 2.45) is 0 Å². The average Bonchev–Trinajstić information content (AvgIpc) is 3.12. The van der Waals surface area contributed by atoms with Crippen LogP contribution in [0, 0.1) is 6.92 Å². The third-order valence-electron chi connectivity index (χ3n) is 5.49. The van der Waals surface area contributed by atoms with E-state index >= 15 is 0 Å². The molecule has 2 heterocycles. The van der Waals surface area contributed by atoms with Gasteiger partial charge in [0.05, 0.1) is 11.1 Å². The van der Waals surface area contributed by atoms with Crippen LogP contribution in [0.15, 0.2) is 58.5 Å². The van der Waals surface area contributed by atoms with Crippen LogP contribution in [0.1, 0.15) is 34.4 Å². The Bertz CT molecular complexity index is 1290. The van der Waals surface area contributed by atoms with Gasteiger partial charge in [-0.2, -0.15) is 0 Å². The first kappa shape index (κ1) is 19.9. The number of halogens is 1. The number of rotatable bonds is 4. The van der Waals surface area contributed by atoms with E-state index in [1.54, 1.807) is 27.7 Å². The fraction of sp³-hybridized carbons (Fsp3) is 0.250. The van der Waals surface area contributed by atoms with Gasteiger partial charge in [-0.3, -0.25) is 9.36 Å². The van der Waals surface area contributed by atoms with E-state index in [-0.39, 0.29) is 5.56 Å². The Hall–Kier alpha value is -2.08. The minimum absolute atomic E-state index is 0.0356. The standard InChI is InChI=1S/C24H21ClN2OS2/c1-15-5-4-6-16(13-15)14-29-24-26-22-21(19-7-2-3-8-20(19)30-22)23(28)27(24)18-11-9-17(25)10-12-18/h4-6,9-13H,2-3,7-8,14H2,1H3. The molecule has 0 amide bonds. The fourth-order valence-electron chi connectivity index (χ4n) is 4.05. The van der Waals surface area contributed by atoms with Crippen LogP contribution in [0.3, 0.4) is 0 Å². The van der Waals surface area contributed by atoms with E-state index in [9.17, 15) is 4.79 Å². The lowest BCUT2D eigenvalue weighted by molar-refractivity contribution is 0.699. The molecule has 0 radical (unpaired) electrons. The summed E-state index contributed by atoms with van der Waals surface area (Å²) >= 11 is 9.41. The monoisotopic (exact) mass is 452 g/mol. The topological polar surface area (TPSA) is 34.9 Å². The number of aryl methyl sites for hydroxylation is 3. The maximum absolute atomic E-state index is 13.7. The molecule has 1 aliphatic rings. The van der Waals surface area contributed by atoms with Gasteiger partial charge in [0.25, 0.3) is 5.56 Å². The first-order valence-corrected chi connectivity index (χ1v) is 12.3. The van der Waals surface area contributed by atoms with Crippen LogP contribution in [0.2, 0.25) is 5.02 Å². The lowest BCUT2D eigenvalue weighted by atomic mass is 9.97. The minimum atomic E-state index is 0.0356. The van der Waals surface area contributed by atoms with Crippen molar-refractivity contribution in [2.75, 3.05) is 0 Å². The summed E-state index contributed by atoms with van der Waals surface area (Å²) in [5.41, 5.74) is 4.52. The van der Waals surface area contributed by atoms with E-state index < -0.39 is 0 Å². The predicted molar refractivity (Wildman–Crippen MR) is 128 cm³/mol. The van der Waals surface area contributed by atoms with Gasteiger partial charge in [-0.25, -0.2) is 4.98 Å². The Labute approximate surface area is 188 Å². The zero-order valence-electron chi connectivity index (χ0n) is 16.7. The summed E-state index contributed by atoms with van der Waals surface area (Å²) in [6, 6.07) is 15.9. The molecule has 0 fully saturated rings. The Morgan fingerprint density at radius 3 is 2.73 bits per heavy atom. The summed E-state index contributed by atoms with van der Waals surface area (Å²) in [7, 11) is 0. The molecule has 0 unspecified atom stereocenters. The number of thiophene rings is 1. The second-order valence-electron chi connectivity index (χ2n) is 7.68. The van der Waals surface area contributed by atoms with Crippen molar-refractivity contribution >= 4 is 44.9 Å². The van der Waals surface area contributed by atoms with E-state index in [4.69, 9.17) is 16.6 Å². The average molecular weight is 453 g/mol. The molecule has 0 atom stereocenters. The molecule has 2 aromatic heterocycles. The number of benzene rings is 2. The molecule has 1 aliphatic carbocycles. The zero-order chi connectivity index (χ0) is 20.7. The smallest absolute Gasteiger partial charge is 0.267 e. The summed E-state index contributed by atoms with van der Waals surface area (Å²) in [6.07, 6.45) is 4.37. The second kappa shape index (κ2) is 8.22. The van der Waals surface area contributed by atoms with Crippen molar-refractivity contribution in [2.45, 2.75) is 43.5 Å². The lowest BCUT2D eigenvalue weighted by Crippen LogP contribution is -2.22. The highest BCUT2D eigenvalue weighted by molar-refractivity contribution is 7.98. The van der Waals surface area contributed by atoms with E-state index in [2.05, 4.69) is 31.2 Å². The molecule has 0 spiro atoms. The Kier molecular flexibility index (Phi) is 5.44. The van der Waals surface area contributed by atoms with Crippen molar-refractivity contribution in [3.8, 4) is 5.69 Å². The summed E-state index contributed by atoms with van der Waals surface area (Å²) in [6.45, 7) is 2.10. The van der Waals surface area contributed by atoms with Crippen LogP contribution in [0.5, 0.6) is 0 Å². The molecule has 2 aromatic carbocycles. The van der Waals surface area contributed by atoms with Crippen LogP contribution in [-0.4, -0.2) is 9.55 Å². The van der Waals surface area contributed by atoms with Gasteiger partial charge in [-0.1, -0.05) is 53.2 Å². The maximum atomic E-state index is 13.7. The van der Waals surface area contributed by atoms with E-state index in [1.165, 1.54) is 28.0 Å². The Morgan fingerprint density at radius 2 is 1.93 bits per heavy atom. The molecule has 5 rings (SSSR count). The third kappa shape index (κ3) is 3.70. The highest BCUT2D eigenvalue weighted by Gasteiger charge is 2.23. The van der Waals surface area contributed by atoms with E-state index in [1.807, 2.05) is 24.3 Å². The zero-order valence-corrected chi connectivity index (χ0v) is 19.0. The number of aromatic nitrogens is 2. The van der Waals surface area contributed by atoms with E-state index in [0.29, 0.717) is 5.02 Å². The van der Waals surface area contributed by atoms with Gasteiger partial charge in [0.1, 0.15) is 4.83 Å². The highest BCUT2D eigenvalue weighted by atomic mass is 35.5. The van der Waals surface area contributed by atoms with Gasteiger partial charge in [-0.15, -0.1) is 11.3 Å². The lowest BCUT2D eigenvalue weighted by Gasteiger charge is -2.14. The number of thioether (sulfide) groups is 1. The largest absolute Gasteiger partial charge is 0.268 e. The molecule has 30 heavy (non-hydrogen) atoms. The van der Waals surface area contributed by atoms with Crippen molar-refractivity contribution in [1.29, 1.82) is 0 Å². The van der Waals surface area contributed by atoms with Gasteiger partial charge < -0.3 is 0 Å². The predicted octanol–water partition coefficient (Wildman–Crippen LogP) is 6.58. The fourth-order valence-corrected chi connectivity index (χ4v) is 6.43. The van der Waals surface area contributed by atoms with Gasteiger partial charge in [0, 0.05) is 15.7 Å². The minimum Gasteiger partial charge on any atom is -0.268 e. The van der Waals surface area contributed by atoms with Gasteiger partial charge in [0.15, 0.2) is 5.16 Å². The van der Waals surface area contributed by atoms with E-state index in [0.717, 1.165) is 46.1 Å². The molecule has 0 saturated heterocycles. The van der Waals surface area contributed by atoms with Crippen LogP contribution < -0.4 is 5.56 Å².